The van der Waals surface area contributed by atoms with Crippen LogP contribution in [0.1, 0.15) is 18.9 Å². The largest absolute Gasteiger partial charge is 0.494 e. The number of halogens is 1. The van der Waals surface area contributed by atoms with Crippen LogP contribution in [-0.4, -0.2) is 31.1 Å². The lowest BCUT2D eigenvalue weighted by Crippen LogP contribution is -2.43. The molecule has 3 amide bonds. The van der Waals surface area contributed by atoms with Gasteiger partial charge in [0, 0.05) is 17.9 Å². The molecule has 142 valence electrons. The van der Waals surface area contributed by atoms with E-state index < -0.39 is 12.1 Å². The van der Waals surface area contributed by atoms with Crippen molar-refractivity contribution in [1.29, 1.82) is 0 Å². The maximum Gasteiger partial charge on any atom is 0.319 e. The third-order valence-corrected chi connectivity index (χ3v) is 4.39. The molecule has 0 radical (unpaired) electrons. The minimum atomic E-state index is -0.613. The van der Waals surface area contributed by atoms with E-state index in [1.165, 1.54) is 6.07 Å². The number of aryl methyl sites for hydroxylation is 1. The van der Waals surface area contributed by atoms with Crippen LogP contribution in [0.4, 0.5) is 20.6 Å². The molecule has 0 aromatic heterocycles. The highest BCUT2D eigenvalue weighted by Gasteiger charge is 2.33. The summed E-state index contributed by atoms with van der Waals surface area (Å²) >= 11 is 0. The number of hydrogen-bond acceptors (Lipinski definition) is 3. The molecule has 3 rings (SSSR count). The molecule has 7 heteroatoms. The normalized spacial score (nSPS) is 16.3. The van der Waals surface area contributed by atoms with Crippen molar-refractivity contribution in [2.75, 3.05) is 23.4 Å². The first-order valence-electron chi connectivity index (χ1n) is 8.86. The molecule has 1 atom stereocenters. The van der Waals surface area contributed by atoms with Crippen molar-refractivity contribution in [2.45, 2.75) is 26.3 Å². The standard InChI is InChI=1S/C20H22FN3O3/c1-3-27-16-7-4-14(5-8-16)22-20(26)23-18-10-11-24(19(18)25)15-6-9-17(21)13(2)12-15/h4-9,12,18H,3,10-11H2,1-2H3,(H2,22,23,26)/t18-/m1/s1. The van der Waals surface area contributed by atoms with Crippen LogP contribution in [0.2, 0.25) is 0 Å². The molecule has 1 saturated heterocycles. The zero-order valence-corrected chi connectivity index (χ0v) is 15.3. The number of urea groups is 1. The van der Waals surface area contributed by atoms with Crippen LogP contribution >= 0.6 is 0 Å². The fourth-order valence-corrected chi connectivity index (χ4v) is 2.99. The molecule has 1 heterocycles. The van der Waals surface area contributed by atoms with Crippen molar-refractivity contribution >= 4 is 23.3 Å². The van der Waals surface area contributed by atoms with E-state index in [1.54, 1.807) is 48.2 Å². The summed E-state index contributed by atoms with van der Waals surface area (Å²) in [5.74, 6) is 0.206. The van der Waals surface area contributed by atoms with E-state index in [2.05, 4.69) is 10.6 Å². The van der Waals surface area contributed by atoms with Crippen LogP contribution in [0, 0.1) is 12.7 Å². The van der Waals surface area contributed by atoms with Gasteiger partial charge in [0.15, 0.2) is 0 Å². The lowest BCUT2D eigenvalue weighted by atomic mass is 10.2. The molecule has 2 aromatic carbocycles. The van der Waals surface area contributed by atoms with Crippen molar-refractivity contribution in [3.05, 3.63) is 53.8 Å². The highest BCUT2D eigenvalue weighted by atomic mass is 19.1. The molecule has 0 unspecified atom stereocenters. The average molecular weight is 371 g/mol. The number of ether oxygens (including phenoxy) is 1. The Morgan fingerprint density at radius 2 is 2.00 bits per heavy atom. The summed E-state index contributed by atoms with van der Waals surface area (Å²) in [6.07, 6.45) is 0.492. The van der Waals surface area contributed by atoms with Gasteiger partial charge in [-0.3, -0.25) is 4.79 Å². The summed E-state index contributed by atoms with van der Waals surface area (Å²) in [7, 11) is 0. The van der Waals surface area contributed by atoms with Crippen molar-refractivity contribution in [1.82, 2.24) is 5.32 Å². The predicted molar refractivity (Wildman–Crippen MR) is 102 cm³/mol. The predicted octanol–water partition coefficient (Wildman–Crippen LogP) is 3.46. The molecule has 2 N–H and O–H groups in total. The first kappa shape index (κ1) is 18.7. The van der Waals surface area contributed by atoms with E-state index >= 15 is 0 Å². The molecule has 1 fully saturated rings. The summed E-state index contributed by atoms with van der Waals surface area (Å²) in [6.45, 7) is 4.59. The average Bonchev–Trinajstić information content (AvgIpc) is 3.00. The van der Waals surface area contributed by atoms with Crippen LogP contribution in [0.25, 0.3) is 0 Å². The SMILES string of the molecule is CCOc1ccc(NC(=O)N[C@@H]2CCN(c3ccc(F)c(C)c3)C2=O)cc1. The van der Waals surface area contributed by atoms with Gasteiger partial charge in [0.05, 0.1) is 6.61 Å². The van der Waals surface area contributed by atoms with Crippen LogP contribution in [-0.2, 0) is 4.79 Å². The van der Waals surface area contributed by atoms with E-state index in [1.807, 2.05) is 6.92 Å². The molecule has 2 aromatic rings. The number of amides is 3. The van der Waals surface area contributed by atoms with Crippen molar-refractivity contribution in [3.63, 3.8) is 0 Å². The molecule has 0 aliphatic carbocycles. The Hall–Kier alpha value is -3.09. The third kappa shape index (κ3) is 4.36. The van der Waals surface area contributed by atoms with Crippen molar-refractivity contribution in [2.24, 2.45) is 0 Å². The molecule has 0 saturated carbocycles. The summed E-state index contributed by atoms with van der Waals surface area (Å²) < 4.78 is 18.8. The van der Waals surface area contributed by atoms with Gasteiger partial charge in [0.2, 0.25) is 5.91 Å². The van der Waals surface area contributed by atoms with Gasteiger partial charge in [0.25, 0.3) is 0 Å². The van der Waals surface area contributed by atoms with Gasteiger partial charge < -0.3 is 20.3 Å². The van der Waals surface area contributed by atoms with Crippen LogP contribution in [0.5, 0.6) is 5.75 Å². The number of hydrogen-bond donors (Lipinski definition) is 2. The number of rotatable bonds is 5. The highest BCUT2D eigenvalue weighted by Crippen LogP contribution is 2.24. The number of benzene rings is 2. The maximum atomic E-state index is 13.4. The van der Waals surface area contributed by atoms with E-state index in [9.17, 15) is 14.0 Å². The zero-order chi connectivity index (χ0) is 19.4. The quantitative estimate of drug-likeness (QED) is 0.846. The number of carbonyl (C=O) groups excluding carboxylic acids is 2. The van der Waals surface area contributed by atoms with Gasteiger partial charge in [-0.15, -0.1) is 0 Å². The van der Waals surface area contributed by atoms with Crippen molar-refractivity contribution in [3.8, 4) is 5.75 Å². The van der Waals surface area contributed by atoms with Crippen molar-refractivity contribution < 1.29 is 18.7 Å². The Bertz CT molecular complexity index is 839. The minimum absolute atomic E-state index is 0.206. The zero-order valence-electron chi connectivity index (χ0n) is 15.3. The van der Waals surface area contributed by atoms with E-state index in [4.69, 9.17) is 4.74 Å². The topological polar surface area (TPSA) is 70.7 Å². The summed E-state index contributed by atoms with van der Waals surface area (Å²) in [5.41, 5.74) is 1.72. The van der Waals surface area contributed by atoms with Gasteiger partial charge in [0.1, 0.15) is 17.6 Å². The van der Waals surface area contributed by atoms with Gasteiger partial charge >= 0.3 is 6.03 Å². The maximum absolute atomic E-state index is 13.4. The fraction of sp³-hybridized carbons (Fsp3) is 0.300. The number of nitrogens with one attached hydrogen (secondary N) is 2. The number of anilines is 2. The molecular formula is C20H22FN3O3. The molecule has 6 nitrogen and oxygen atoms in total. The van der Waals surface area contributed by atoms with Gasteiger partial charge in [-0.05, 0) is 68.3 Å². The lowest BCUT2D eigenvalue weighted by Gasteiger charge is -2.18. The molecule has 27 heavy (non-hydrogen) atoms. The molecule has 1 aliphatic rings. The summed E-state index contributed by atoms with van der Waals surface area (Å²) in [4.78, 5) is 26.3. The molecule has 1 aliphatic heterocycles. The molecular weight excluding hydrogens is 349 g/mol. The van der Waals surface area contributed by atoms with E-state index in [0.717, 1.165) is 5.75 Å². The minimum Gasteiger partial charge on any atom is -0.494 e. The van der Waals surface area contributed by atoms with E-state index in [-0.39, 0.29) is 11.7 Å². The Kier molecular flexibility index (Phi) is 5.59. The Balaban J connectivity index is 1.58. The first-order chi connectivity index (χ1) is 13.0. The second kappa shape index (κ2) is 8.07. The molecule has 0 bridgehead atoms. The third-order valence-electron chi connectivity index (χ3n) is 4.39. The fourth-order valence-electron chi connectivity index (χ4n) is 2.99. The van der Waals surface area contributed by atoms with Gasteiger partial charge in [-0.1, -0.05) is 0 Å². The van der Waals surface area contributed by atoms with E-state index in [0.29, 0.717) is 36.5 Å². The van der Waals surface area contributed by atoms with Crippen LogP contribution in [0.15, 0.2) is 42.5 Å². The lowest BCUT2D eigenvalue weighted by molar-refractivity contribution is -0.118. The first-order valence-corrected chi connectivity index (χ1v) is 8.86. The summed E-state index contributed by atoms with van der Waals surface area (Å²) in [6, 6.07) is 10.5. The Labute approximate surface area is 157 Å². The van der Waals surface area contributed by atoms with Crippen LogP contribution < -0.4 is 20.3 Å². The second-order valence-electron chi connectivity index (χ2n) is 6.32. The Morgan fingerprint density at radius 3 is 2.67 bits per heavy atom. The second-order valence-corrected chi connectivity index (χ2v) is 6.32. The van der Waals surface area contributed by atoms with Crippen LogP contribution in [0.3, 0.4) is 0 Å². The molecule has 0 spiro atoms. The number of carbonyl (C=O) groups is 2. The Morgan fingerprint density at radius 1 is 1.26 bits per heavy atom. The monoisotopic (exact) mass is 371 g/mol. The van der Waals surface area contributed by atoms with Gasteiger partial charge in [-0.2, -0.15) is 0 Å². The summed E-state index contributed by atoms with van der Waals surface area (Å²) in [5, 5.41) is 5.40. The number of nitrogens with zero attached hydrogens (tertiary/aromatic N) is 1. The highest BCUT2D eigenvalue weighted by molar-refractivity contribution is 6.02. The van der Waals surface area contributed by atoms with Gasteiger partial charge in [-0.25, -0.2) is 9.18 Å². The smallest absolute Gasteiger partial charge is 0.319 e.